The smallest absolute Gasteiger partial charge is 0.306 e. The molecule has 298 valence electrons. The third-order valence-electron chi connectivity index (χ3n) is 9.34. The Labute approximate surface area is 313 Å². The molecule has 0 saturated heterocycles. The van der Waals surface area contributed by atoms with E-state index in [0.29, 0.717) is 12.8 Å². The number of hydrogen-bond acceptors (Lipinski definition) is 7. The lowest BCUT2D eigenvalue weighted by Gasteiger charge is -2.34. The van der Waals surface area contributed by atoms with Crippen LogP contribution in [0.15, 0.2) is 24.3 Å². The second kappa shape index (κ2) is 34.9. The van der Waals surface area contributed by atoms with Gasteiger partial charge >= 0.3 is 11.9 Å². The Bertz CT molecular complexity index is 895. The number of carbonyl (C=O) groups excluding carboxylic acids is 3. The second-order valence-electron chi connectivity index (χ2n) is 15.2. The number of nitrogens with zero attached hydrogens (tertiary/aromatic N) is 1. The first kappa shape index (κ1) is 48.8. The van der Waals surface area contributed by atoms with E-state index >= 15 is 0 Å². The molecule has 2 atom stereocenters. The molecule has 8 nitrogen and oxygen atoms in total. The summed E-state index contributed by atoms with van der Waals surface area (Å²) >= 11 is 0. The van der Waals surface area contributed by atoms with Gasteiger partial charge in [0.2, 0.25) is 0 Å². The van der Waals surface area contributed by atoms with Crippen molar-refractivity contribution in [2.75, 3.05) is 41.0 Å². The molecular formula is C43H79NO7. The molecule has 0 aliphatic rings. The molecule has 0 rings (SSSR count). The molecular weight excluding hydrogens is 642 g/mol. The van der Waals surface area contributed by atoms with Crippen LogP contribution >= 0.6 is 0 Å². The normalized spacial score (nSPS) is 13.2. The quantitative estimate of drug-likeness (QED) is 0.0273. The minimum atomic E-state index is -1.13. The van der Waals surface area contributed by atoms with Crippen LogP contribution < -0.4 is 5.11 Å². The summed E-state index contributed by atoms with van der Waals surface area (Å²) in [5.41, 5.74) is 0. The van der Waals surface area contributed by atoms with Crippen LogP contribution in [0.4, 0.5) is 0 Å². The zero-order valence-corrected chi connectivity index (χ0v) is 33.8. The molecule has 8 heteroatoms. The highest BCUT2D eigenvalue weighted by molar-refractivity contribution is 5.70. The standard InChI is InChI=1S/C43H79NO7/c1-6-8-10-12-13-14-15-16-17-18-19-20-21-22-23-24-25-26-27-28-29-30-32-34-42(46)51-39(38-50-41(45)33-31-11-9-7-2)37-49-36-35-40(43(47)48)44(3,4)5/h15-16,18-19,39-40H,6-14,17,20-38H2,1-5H3/b16-15-,19-18-. The average Bonchev–Trinajstić information content (AvgIpc) is 3.08. The van der Waals surface area contributed by atoms with E-state index < -0.39 is 18.1 Å². The van der Waals surface area contributed by atoms with Crippen molar-refractivity contribution in [1.29, 1.82) is 0 Å². The van der Waals surface area contributed by atoms with E-state index in [1.54, 1.807) is 21.1 Å². The van der Waals surface area contributed by atoms with Crippen molar-refractivity contribution in [2.45, 2.75) is 193 Å². The van der Waals surface area contributed by atoms with Gasteiger partial charge in [-0.2, -0.15) is 0 Å². The Balaban J connectivity index is 4.06. The number of quaternary nitrogens is 1. The van der Waals surface area contributed by atoms with Gasteiger partial charge in [0.1, 0.15) is 12.6 Å². The summed E-state index contributed by atoms with van der Waals surface area (Å²) in [6.07, 6.45) is 36.9. The van der Waals surface area contributed by atoms with Gasteiger partial charge < -0.3 is 28.6 Å². The predicted octanol–water partition coefficient (Wildman–Crippen LogP) is 9.58. The van der Waals surface area contributed by atoms with Gasteiger partial charge in [0, 0.05) is 19.3 Å². The monoisotopic (exact) mass is 722 g/mol. The molecule has 0 amide bonds. The maximum Gasteiger partial charge on any atom is 0.306 e. The molecule has 0 aromatic rings. The predicted molar refractivity (Wildman–Crippen MR) is 208 cm³/mol. The maximum atomic E-state index is 12.6. The molecule has 0 fully saturated rings. The number of rotatable bonds is 37. The van der Waals surface area contributed by atoms with Gasteiger partial charge in [-0.3, -0.25) is 9.59 Å². The first-order valence-electron chi connectivity index (χ1n) is 20.9. The average molecular weight is 722 g/mol. The summed E-state index contributed by atoms with van der Waals surface area (Å²) in [6, 6.07) is -0.720. The van der Waals surface area contributed by atoms with Crippen molar-refractivity contribution >= 4 is 17.9 Å². The number of ether oxygens (including phenoxy) is 3. The molecule has 0 aromatic heterocycles. The van der Waals surface area contributed by atoms with E-state index in [0.717, 1.165) is 51.4 Å². The van der Waals surface area contributed by atoms with Gasteiger partial charge in [-0.25, -0.2) is 0 Å². The lowest BCUT2D eigenvalue weighted by atomic mass is 10.0. The molecule has 0 bridgehead atoms. The lowest BCUT2D eigenvalue weighted by Crippen LogP contribution is -2.55. The number of allylic oxidation sites excluding steroid dienone is 4. The fraction of sp³-hybridized carbons (Fsp3) is 0.837. The second-order valence-corrected chi connectivity index (χ2v) is 15.2. The molecule has 0 spiro atoms. The topological polar surface area (TPSA) is 102 Å². The van der Waals surface area contributed by atoms with Crippen molar-refractivity contribution in [1.82, 2.24) is 0 Å². The number of unbranched alkanes of at least 4 members (excludes halogenated alkanes) is 19. The van der Waals surface area contributed by atoms with Crippen molar-refractivity contribution in [3.8, 4) is 0 Å². The third kappa shape index (κ3) is 33.4. The van der Waals surface area contributed by atoms with Crippen LogP contribution in [0, 0.1) is 0 Å². The first-order chi connectivity index (χ1) is 24.6. The molecule has 0 aliphatic carbocycles. The van der Waals surface area contributed by atoms with Crippen LogP contribution in [-0.2, 0) is 28.6 Å². The summed E-state index contributed by atoms with van der Waals surface area (Å²) in [5.74, 6) is -1.75. The molecule has 0 radical (unpaired) electrons. The fourth-order valence-corrected chi connectivity index (χ4v) is 6.04. The van der Waals surface area contributed by atoms with Crippen molar-refractivity contribution in [3.05, 3.63) is 24.3 Å². The van der Waals surface area contributed by atoms with Crippen molar-refractivity contribution in [2.24, 2.45) is 0 Å². The van der Waals surface area contributed by atoms with Gasteiger partial charge in [0.25, 0.3) is 0 Å². The molecule has 0 heterocycles. The number of hydrogen-bond donors (Lipinski definition) is 0. The van der Waals surface area contributed by atoms with Crippen LogP contribution in [0.5, 0.6) is 0 Å². The Morgan fingerprint density at radius 1 is 0.588 bits per heavy atom. The number of carbonyl (C=O) groups is 3. The Hall–Kier alpha value is -2.19. The minimum Gasteiger partial charge on any atom is -0.544 e. The van der Waals surface area contributed by atoms with Crippen molar-refractivity contribution < 1.29 is 38.2 Å². The highest BCUT2D eigenvalue weighted by Crippen LogP contribution is 2.14. The highest BCUT2D eigenvalue weighted by atomic mass is 16.6. The Morgan fingerprint density at radius 3 is 1.53 bits per heavy atom. The van der Waals surface area contributed by atoms with Gasteiger partial charge in [-0.05, 0) is 44.9 Å². The molecule has 0 aliphatic heterocycles. The Kier molecular flexibility index (Phi) is 33.4. The maximum absolute atomic E-state index is 12.6. The summed E-state index contributed by atoms with van der Waals surface area (Å²) in [5, 5.41) is 11.5. The van der Waals surface area contributed by atoms with Gasteiger partial charge in [0.15, 0.2) is 6.10 Å². The molecule has 2 unspecified atom stereocenters. The summed E-state index contributed by atoms with van der Waals surface area (Å²) < 4.78 is 17.0. The highest BCUT2D eigenvalue weighted by Gasteiger charge is 2.25. The molecule has 0 N–H and O–H groups in total. The van der Waals surface area contributed by atoms with E-state index in [1.807, 2.05) is 0 Å². The lowest BCUT2D eigenvalue weighted by molar-refractivity contribution is -0.889. The van der Waals surface area contributed by atoms with E-state index in [2.05, 4.69) is 38.2 Å². The largest absolute Gasteiger partial charge is 0.544 e. The summed E-state index contributed by atoms with van der Waals surface area (Å²) in [7, 11) is 5.39. The van der Waals surface area contributed by atoms with Crippen LogP contribution in [-0.4, -0.2) is 75.5 Å². The van der Waals surface area contributed by atoms with Crippen LogP contribution in [0.25, 0.3) is 0 Å². The Morgan fingerprint density at radius 2 is 1.04 bits per heavy atom. The van der Waals surface area contributed by atoms with Crippen LogP contribution in [0.1, 0.15) is 181 Å². The molecule has 0 aromatic carbocycles. The van der Waals surface area contributed by atoms with Crippen LogP contribution in [0.2, 0.25) is 0 Å². The number of aliphatic carboxylic acids is 1. The number of esters is 2. The minimum absolute atomic E-state index is 0.0417. The molecule has 0 saturated carbocycles. The van der Waals surface area contributed by atoms with Gasteiger partial charge in [0.05, 0.1) is 40.3 Å². The van der Waals surface area contributed by atoms with E-state index in [4.69, 9.17) is 14.2 Å². The van der Waals surface area contributed by atoms with E-state index in [9.17, 15) is 19.5 Å². The summed E-state index contributed by atoms with van der Waals surface area (Å²) in [6.45, 7) is 4.53. The number of carboxylic acid groups (broad SMARTS) is 1. The fourth-order valence-electron chi connectivity index (χ4n) is 6.04. The van der Waals surface area contributed by atoms with E-state index in [1.165, 1.54) is 96.3 Å². The van der Waals surface area contributed by atoms with Gasteiger partial charge in [-0.15, -0.1) is 0 Å². The molecule has 51 heavy (non-hydrogen) atoms. The summed E-state index contributed by atoms with van der Waals surface area (Å²) in [4.78, 5) is 36.4. The zero-order chi connectivity index (χ0) is 37.8. The first-order valence-corrected chi connectivity index (χ1v) is 20.9. The number of carboxylic acids is 1. The third-order valence-corrected chi connectivity index (χ3v) is 9.34. The SMILES string of the molecule is CCCCCCC/C=C\C/C=C\CCCCCCCCCCCCCC(=O)OC(COCCC(C(=O)[O-])[N+](C)(C)C)COC(=O)CCCCCC. The van der Waals surface area contributed by atoms with E-state index in [-0.39, 0.29) is 42.7 Å². The van der Waals surface area contributed by atoms with Crippen molar-refractivity contribution in [3.63, 3.8) is 0 Å². The van der Waals surface area contributed by atoms with Gasteiger partial charge in [-0.1, -0.05) is 141 Å². The number of likely N-dealkylation sites (N-methyl/N-ethyl adjacent to an activating group) is 1. The van der Waals surface area contributed by atoms with Crippen LogP contribution in [0.3, 0.4) is 0 Å². The zero-order valence-electron chi connectivity index (χ0n) is 33.8.